The Morgan fingerprint density at radius 2 is 2.62 bits per heavy atom. The lowest BCUT2D eigenvalue weighted by Crippen LogP contribution is -1.75. The highest BCUT2D eigenvalue weighted by molar-refractivity contribution is 9.11. The van der Waals surface area contributed by atoms with Gasteiger partial charge in [0, 0.05) is 11.5 Å². The van der Waals surface area contributed by atoms with Crippen molar-refractivity contribution in [1.29, 1.82) is 0 Å². The maximum Gasteiger partial charge on any atom is 0.0475 e. The average Bonchev–Trinajstić information content (AvgIpc) is 1.83. The van der Waals surface area contributed by atoms with Crippen LogP contribution in [0.25, 0.3) is 10.4 Å². The third-order valence-corrected chi connectivity index (χ3v) is 1.35. The van der Waals surface area contributed by atoms with E-state index in [2.05, 4.69) is 26.0 Å². The summed E-state index contributed by atoms with van der Waals surface area (Å²) in [6.45, 7) is 2.32. The highest BCUT2D eigenvalue weighted by Crippen LogP contribution is 1.96. The monoisotopic (exact) mass is 175 g/mol. The average molecular weight is 176 g/mol. The maximum atomic E-state index is 7.83. The summed E-state index contributed by atoms with van der Waals surface area (Å²) in [5.74, 6) is 0. The van der Waals surface area contributed by atoms with Crippen molar-refractivity contribution >= 4 is 15.9 Å². The van der Waals surface area contributed by atoms with Gasteiger partial charge in [-0.05, 0) is 17.4 Å². The van der Waals surface area contributed by atoms with Crippen LogP contribution in [0.5, 0.6) is 0 Å². The van der Waals surface area contributed by atoms with Gasteiger partial charge in [0.25, 0.3) is 0 Å². The molecule has 4 heteroatoms. The summed E-state index contributed by atoms with van der Waals surface area (Å²) in [4.78, 5) is 4.32. The van der Waals surface area contributed by atoms with Crippen molar-refractivity contribution in [1.82, 2.24) is 0 Å². The number of nitrogens with zero attached hydrogens (tertiary/aromatic N) is 3. The van der Waals surface area contributed by atoms with Gasteiger partial charge in [0.1, 0.15) is 0 Å². The van der Waals surface area contributed by atoms with Gasteiger partial charge in [-0.3, -0.25) is 0 Å². The topological polar surface area (TPSA) is 48.8 Å². The van der Waals surface area contributed by atoms with E-state index in [9.17, 15) is 0 Å². The fourth-order valence-electron chi connectivity index (χ4n) is 0.178. The first kappa shape index (κ1) is 7.53. The predicted molar refractivity (Wildman–Crippen MR) is 36.7 cm³/mol. The lowest BCUT2D eigenvalue weighted by molar-refractivity contribution is 1.12. The van der Waals surface area contributed by atoms with Crippen molar-refractivity contribution < 1.29 is 0 Å². The van der Waals surface area contributed by atoms with E-state index in [1.807, 2.05) is 6.92 Å². The number of azide groups is 1. The maximum absolute atomic E-state index is 7.83. The standard InChI is InChI=1S/C4H6BrN3/c1-4(2-5)3-7-8-6/h2H,3H2,1H3/b4-2+. The summed E-state index contributed by atoms with van der Waals surface area (Å²) >= 11 is 3.10. The zero-order valence-corrected chi connectivity index (χ0v) is 6.09. The fourth-order valence-corrected chi connectivity index (χ4v) is 0.322. The molecule has 0 rings (SSSR count). The molecule has 0 saturated heterocycles. The molecule has 0 bridgehead atoms. The van der Waals surface area contributed by atoms with Crippen LogP contribution in [0.4, 0.5) is 0 Å². The van der Waals surface area contributed by atoms with E-state index in [4.69, 9.17) is 5.53 Å². The molecule has 0 aromatic heterocycles. The molecule has 0 atom stereocenters. The molecule has 0 spiro atoms. The molecule has 0 unspecified atom stereocenters. The van der Waals surface area contributed by atoms with Crippen LogP contribution < -0.4 is 0 Å². The zero-order chi connectivity index (χ0) is 6.41. The van der Waals surface area contributed by atoms with Crippen molar-refractivity contribution in [3.63, 3.8) is 0 Å². The van der Waals surface area contributed by atoms with E-state index >= 15 is 0 Å². The molecular weight excluding hydrogens is 170 g/mol. The summed E-state index contributed by atoms with van der Waals surface area (Å²) < 4.78 is 0. The first-order chi connectivity index (χ1) is 3.81. The summed E-state index contributed by atoms with van der Waals surface area (Å²) in [6, 6.07) is 0. The summed E-state index contributed by atoms with van der Waals surface area (Å²) in [7, 11) is 0. The van der Waals surface area contributed by atoms with Gasteiger partial charge >= 0.3 is 0 Å². The first-order valence-corrected chi connectivity index (χ1v) is 2.99. The SMILES string of the molecule is C/C(=C\Br)CN=[N+]=[N-]. The van der Waals surface area contributed by atoms with Crippen molar-refractivity contribution in [2.24, 2.45) is 5.11 Å². The minimum Gasteiger partial charge on any atom is -0.0896 e. The molecule has 3 nitrogen and oxygen atoms in total. The largest absolute Gasteiger partial charge is 0.0896 e. The molecular formula is C4H6BrN3. The van der Waals surface area contributed by atoms with E-state index in [1.54, 1.807) is 4.99 Å². The minimum atomic E-state index is 0.446. The van der Waals surface area contributed by atoms with Gasteiger partial charge < -0.3 is 0 Å². The normalized spacial score (nSPS) is 10.5. The van der Waals surface area contributed by atoms with Gasteiger partial charge in [-0.1, -0.05) is 26.6 Å². The van der Waals surface area contributed by atoms with E-state index in [0.29, 0.717) is 6.54 Å². The quantitative estimate of drug-likeness (QED) is 0.352. The summed E-state index contributed by atoms with van der Waals surface area (Å²) in [6.07, 6.45) is 0. The molecule has 0 radical (unpaired) electrons. The summed E-state index contributed by atoms with van der Waals surface area (Å²) in [5, 5.41) is 3.32. The molecule has 0 N–H and O–H groups in total. The highest BCUT2D eigenvalue weighted by Gasteiger charge is 1.79. The Kier molecular flexibility index (Phi) is 4.41. The number of rotatable bonds is 2. The molecule has 0 aliphatic carbocycles. The van der Waals surface area contributed by atoms with Crippen LogP contribution in [0.3, 0.4) is 0 Å². The minimum absolute atomic E-state index is 0.446. The molecule has 0 amide bonds. The van der Waals surface area contributed by atoms with Crippen LogP contribution in [0.15, 0.2) is 15.7 Å². The van der Waals surface area contributed by atoms with E-state index in [1.165, 1.54) is 0 Å². The predicted octanol–water partition coefficient (Wildman–Crippen LogP) is 2.60. The number of hydrogen-bond donors (Lipinski definition) is 0. The van der Waals surface area contributed by atoms with Crippen molar-refractivity contribution in [3.8, 4) is 0 Å². The Morgan fingerprint density at radius 3 is 3.00 bits per heavy atom. The van der Waals surface area contributed by atoms with Gasteiger partial charge in [-0.15, -0.1) is 0 Å². The zero-order valence-electron chi connectivity index (χ0n) is 4.50. The Morgan fingerprint density at radius 1 is 2.00 bits per heavy atom. The molecule has 0 aliphatic heterocycles. The molecule has 0 aromatic rings. The van der Waals surface area contributed by atoms with Gasteiger partial charge in [0.15, 0.2) is 0 Å². The van der Waals surface area contributed by atoms with Crippen LogP contribution in [-0.2, 0) is 0 Å². The third-order valence-electron chi connectivity index (χ3n) is 0.570. The molecule has 0 aliphatic rings. The van der Waals surface area contributed by atoms with Crippen molar-refractivity contribution in [2.75, 3.05) is 6.54 Å². The van der Waals surface area contributed by atoms with Gasteiger partial charge in [0.05, 0.1) is 0 Å². The van der Waals surface area contributed by atoms with Crippen LogP contribution in [0, 0.1) is 0 Å². The molecule has 44 valence electrons. The Balaban J connectivity index is 3.55. The van der Waals surface area contributed by atoms with Crippen molar-refractivity contribution in [2.45, 2.75) is 6.92 Å². The van der Waals surface area contributed by atoms with Crippen LogP contribution in [0.1, 0.15) is 6.92 Å². The molecule has 8 heavy (non-hydrogen) atoms. The first-order valence-electron chi connectivity index (χ1n) is 2.08. The highest BCUT2D eigenvalue weighted by atomic mass is 79.9. The second-order valence-electron chi connectivity index (χ2n) is 1.34. The second-order valence-corrected chi connectivity index (χ2v) is 1.80. The van der Waals surface area contributed by atoms with Crippen LogP contribution in [0.2, 0.25) is 0 Å². The van der Waals surface area contributed by atoms with Gasteiger partial charge in [-0.2, -0.15) is 0 Å². The van der Waals surface area contributed by atoms with E-state index in [0.717, 1.165) is 5.57 Å². The number of hydrogen-bond acceptors (Lipinski definition) is 1. The lowest BCUT2D eigenvalue weighted by Gasteiger charge is -1.84. The molecule has 0 fully saturated rings. The Bertz CT molecular complexity index is 134. The third kappa shape index (κ3) is 3.71. The Hall–Kier alpha value is -0.470. The molecule has 0 heterocycles. The van der Waals surface area contributed by atoms with Crippen molar-refractivity contribution in [3.05, 3.63) is 21.0 Å². The van der Waals surface area contributed by atoms with E-state index in [-0.39, 0.29) is 0 Å². The molecule has 0 aromatic carbocycles. The summed E-state index contributed by atoms with van der Waals surface area (Å²) in [5.41, 5.74) is 8.84. The van der Waals surface area contributed by atoms with Crippen LogP contribution >= 0.6 is 15.9 Å². The lowest BCUT2D eigenvalue weighted by atomic mass is 10.4. The number of halogens is 1. The second kappa shape index (κ2) is 4.68. The Labute approximate surface area is 56.1 Å². The smallest absolute Gasteiger partial charge is 0.0475 e. The van der Waals surface area contributed by atoms with E-state index < -0.39 is 0 Å². The van der Waals surface area contributed by atoms with Crippen LogP contribution in [-0.4, -0.2) is 6.54 Å². The fraction of sp³-hybridized carbons (Fsp3) is 0.500. The van der Waals surface area contributed by atoms with Gasteiger partial charge in [-0.25, -0.2) is 0 Å². The molecule has 0 saturated carbocycles. The van der Waals surface area contributed by atoms with Gasteiger partial charge in [0.2, 0.25) is 0 Å².